The first-order chi connectivity index (χ1) is 8.18. The molecule has 0 aromatic carbocycles. The first kappa shape index (κ1) is 13.2. The number of carbonyl (C=O) groups is 2. The van der Waals surface area contributed by atoms with Crippen LogP contribution in [-0.4, -0.2) is 46.5 Å². The SMILES string of the molecule is O=C(O)COCCNC(=O)CCn1cccn1. The van der Waals surface area contributed by atoms with Gasteiger partial charge in [0.2, 0.25) is 5.91 Å². The minimum Gasteiger partial charge on any atom is -0.480 e. The van der Waals surface area contributed by atoms with Gasteiger partial charge in [-0.25, -0.2) is 4.79 Å². The van der Waals surface area contributed by atoms with Crippen LogP contribution in [-0.2, 0) is 20.9 Å². The topological polar surface area (TPSA) is 93.5 Å². The smallest absolute Gasteiger partial charge is 0.329 e. The molecule has 0 atom stereocenters. The van der Waals surface area contributed by atoms with Crippen LogP contribution in [0.4, 0.5) is 0 Å². The van der Waals surface area contributed by atoms with E-state index in [9.17, 15) is 9.59 Å². The molecule has 7 heteroatoms. The van der Waals surface area contributed by atoms with Crippen molar-refractivity contribution in [2.24, 2.45) is 0 Å². The number of hydrogen-bond donors (Lipinski definition) is 2. The van der Waals surface area contributed by atoms with Crippen LogP contribution in [0.3, 0.4) is 0 Å². The zero-order valence-electron chi connectivity index (χ0n) is 9.33. The molecule has 0 saturated heterocycles. The predicted molar refractivity (Wildman–Crippen MR) is 58.3 cm³/mol. The summed E-state index contributed by atoms with van der Waals surface area (Å²) in [5, 5.41) is 14.9. The quantitative estimate of drug-likeness (QED) is 0.598. The van der Waals surface area contributed by atoms with Crippen molar-refractivity contribution in [2.45, 2.75) is 13.0 Å². The summed E-state index contributed by atoms with van der Waals surface area (Å²) in [5.74, 6) is -1.13. The Balaban J connectivity index is 2.00. The normalized spacial score (nSPS) is 10.1. The summed E-state index contributed by atoms with van der Waals surface area (Å²) in [7, 11) is 0. The highest BCUT2D eigenvalue weighted by molar-refractivity contribution is 5.75. The lowest BCUT2D eigenvalue weighted by Crippen LogP contribution is -2.28. The van der Waals surface area contributed by atoms with E-state index in [4.69, 9.17) is 9.84 Å². The van der Waals surface area contributed by atoms with Crippen molar-refractivity contribution < 1.29 is 19.4 Å². The number of carboxylic acids is 1. The maximum Gasteiger partial charge on any atom is 0.329 e. The van der Waals surface area contributed by atoms with Gasteiger partial charge in [-0.05, 0) is 6.07 Å². The van der Waals surface area contributed by atoms with Crippen LogP contribution in [0.15, 0.2) is 18.5 Å². The average molecular weight is 241 g/mol. The number of carbonyl (C=O) groups excluding carboxylic acids is 1. The monoisotopic (exact) mass is 241 g/mol. The van der Waals surface area contributed by atoms with Gasteiger partial charge in [0.15, 0.2) is 0 Å². The molecule has 0 unspecified atom stereocenters. The van der Waals surface area contributed by atoms with Crippen LogP contribution in [0.25, 0.3) is 0 Å². The third-order valence-electron chi connectivity index (χ3n) is 1.92. The lowest BCUT2D eigenvalue weighted by atomic mass is 10.4. The Morgan fingerprint density at radius 3 is 2.94 bits per heavy atom. The van der Waals surface area contributed by atoms with Gasteiger partial charge in [0, 0.05) is 31.9 Å². The van der Waals surface area contributed by atoms with Crippen molar-refractivity contribution in [3.05, 3.63) is 18.5 Å². The first-order valence-corrected chi connectivity index (χ1v) is 5.22. The standard InChI is InChI=1S/C10H15N3O4/c14-9(2-6-13-5-1-3-12-13)11-4-7-17-8-10(15)16/h1,3,5H,2,4,6-8H2,(H,11,14)(H,15,16). The predicted octanol–water partition coefficient (Wildman–Crippen LogP) is -0.509. The van der Waals surface area contributed by atoms with E-state index in [1.165, 1.54) is 0 Å². The molecule has 7 nitrogen and oxygen atoms in total. The maximum atomic E-state index is 11.3. The second-order valence-corrected chi connectivity index (χ2v) is 3.32. The van der Waals surface area contributed by atoms with Gasteiger partial charge in [-0.3, -0.25) is 9.48 Å². The minimum atomic E-state index is -1.02. The third-order valence-corrected chi connectivity index (χ3v) is 1.92. The van der Waals surface area contributed by atoms with Gasteiger partial charge in [0.05, 0.1) is 6.61 Å². The Kier molecular flexibility index (Phi) is 5.73. The van der Waals surface area contributed by atoms with Gasteiger partial charge in [0.25, 0.3) is 0 Å². The molecule has 1 rings (SSSR count). The molecule has 0 fully saturated rings. The molecule has 1 aromatic heterocycles. The number of rotatable bonds is 8. The number of nitrogens with one attached hydrogen (secondary N) is 1. The number of aryl methyl sites for hydroxylation is 1. The molecular weight excluding hydrogens is 226 g/mol. The molecule has 0 spiro atoms. The summed E-state index contributed by atoms with van der Waals surface area (Å²) in [5.41, 5.74) is 0. The Labute approximate surface area is 98.4 Å². The van der Waals surface area contributed by atoms with Crippen molar-refractivity contribution in [3.63, 3.8) is 0 Å². The molecule has 0 radical (unpaired) electrons. The third kappa shape index (κ3) is 6.31. The Bertz CT molecular complexity index is 350. The van der Waals surface area contributed by atoms with Crippen molar-refractivity contribution in [2.75, 3.05) is 19.8 Å². The summed E-state index contributed by atoms with van der Waals surface area (Å²) in [6.07, 6.45) is 3.77. The van der Waals surface area contributed by atoms with E-state index < -0.39 is 5.97 Å². The molecular formula is C10H15N3O4. The fraction of sp³-hybridized carbons (Fsp3) is 0.500. The molecule has 2 N–H and O–H groups in total. The van der Waals surface area contributed by atoms with Crippen molar-refractivity contribution >= 4 is 11.9 Å². The fourth-order valence-corrected chi connectivity index (χ4v) is 1.16. The highest BCUT2D eigenvalue weighted by Gasteiger charge is 2.01. The number of hydrogen-bond acceptors (Lipinski definition) is 4. The van der Waals surface area contributed by atoms with E-state index in [2.05, 4.69) is 10.4 Å². The fourth-order valence-electron chi connectivity index (χ4n) is 1.16. The van der Waals surface area contributed by atoms with E-state index in [-0.39, 0.29) is 19.1 Å². The first-order valence-electron chi connectivity index (χ1n) is 5.22. The largest absolute Gasteiger partial charge is 0.480 e. The summed E-state index contributed by atoms with van der Waals surface area (Å²) in [6.45, 7) is 0.684. The lowest BCUT2D eigenvalue weighted by Gasteiger charge is -2.05. The Hall–Kier alpha value is -1.89. The molecule has 1 aromatic rings. The van der Waals surface area contributed by atoms with Gasteiger partial charge in [-0.15, -0.1) is 0 Å². The Morgan fingerprint density at radius 2 is 2.29 bits per heavy atom. The van der Waals surface area contributed by atoms with Gasteiger partial charge in [0.1, 0.15) is 6.61 Å². The van der Waals surface area contributed by atoms with Crippen LogP contribution in [0.5, 0.6) is 0 Å². The second kappa shape index (κ2) is 7.39. The van der Waals surface area contributed by atoms with Gasteiger partial charge < -0.3 is 15.2 Å². The number of aliphatic carboxylic acids is 1. The van der Waals surface area contributed by atoms with Gasteiger partial charge >= 0.3 is 5.97 Å². The maximum absolute atomic E-state index is 11.3. The summed E-state index contributed by atoms with van der Waals surface area (Å²) >= 11 is 0. The van der Waals surface area contributed by atoms with E-state index in [0.717, 1.165) is 0 Å². The summed E-state index contributed by atoms with van der Waals surface area (Å²) < 4.78 is 6.43. The lowest BCUT2D eigenvalue weighted by molar-refractivity contribution is -0.142. The molecule has 0 saturated carbocycles. The van der Waals surface area contributed by atoms with Crippen molar-refractivity contribution in [1.82, 2.24) is 15.1 Å². The van der Waals surface area contributed by atoms with E-state index in [1.807, 2.05) is 0 Å². The number of ether oxygens (including phenoxy) is 1. The van der Waals surface area contributed by atoms with Crippen molar-refractivity contribution in [3.8, 4) is 0 Å². The van der Waals surface area contributed by atoms with Crippen LogP contribution < -0.4 is 5.32 Å². The van der Waals surface area contributed by atoms with Crippen molar-refractivity contribution in [1.29, 1.82) is 0 Å². The Morgan fingerprint density at radius 1 is 1.47 bits per heavy atom. The molecule has 17 heavy (non-hydrogen) atoms. The van der Waals surface area contributed by atoms with Crippen LogP contribution in [0.2, 0.25) is 0 Å². The van der Waals surface area contributed by atoms with Crippen LogP contribution in [0, 0.1) is 0 Å². The number of nitrogens with zero attached hydrogens (tertiary/aromatic N) is 2. The second-order valence-electron chi connectivity index (χ2n) is 3.32. The molecule has 0 aliphatic heterocycles. The zero-order valence-corrected chi connectivity index (χ0v) is 9.33. The minimum absolute atomic E-state index is 0.112. The summed E-state index contributed by atoms with van der Waals surface area (Å²) in [4.78, 5) is 21.4. The summed E-state index contributed by atoms with van der Waals surface area (Å²) in [6, 6.07) is 1.79. The highest BCUT2D eigenvalue weighted by atomic mass is 16.5. The molecule has 0 aliphatic rings. The highest BCUT2D eigenvalue weighted by Crippen LogP contribution is 1.89. The molecule has 94 valence electrons. The van der Waals surface area contributed by atoms with E-state index >= 15 is 0 Å². The van der Waals surface area contributed by atoms with Crippen LogP contribution >= 0.6 is 0 Å². The number of aromatic nitrogens is 2. The van der Waals surface area contributed by atoms with Crippen LogP contribution in [0.1, 0.15) is 6.42 Å². The van der Waals surface area contributed by atoms with Gasteiger partial charge in [-0.1, -0.05) is 0 Å². The molecule has 0 bridgehead atoms. The average Bonchev–Trinajstić information content (AvgIpc) is 2.78. The molecule has 1 amide bonds. The number of carboxylic acid groups (broad SMARTS) is 1. The van der Waals surface area contributed by atoms with Gasteiger partial charge in [-0.2, -0.15) is 5.10 Å². The van der Waals surface area contributed by atoms with E-state index in [0.29, 0.717) is 19.5 Å². The number of amides is 1. The van der Waals surface area contributed by atoms with E-state index in [1.54, 1.807) is 23.1 Å². The molecule has 1 heterocycles. The molecule has 0 aliphatic carbocycles. The zero-order chi connectivity index (χ0) is 12.5.